The smallest absolute Gasteiger partial charge is 0.0654 e. The van der Waals surface area contributed by atoms with Crippen LogP contribution in [0.5, 0.6) is 0 Å². The standard InChI is InChI=1S/C31H42N2.2C23H47.Ni/c1-5-8-11-12-21-30(29(24-33-32)18-10-7-3)31(27-19-13-15-25(4)22-27)28-20-14-17-26(23-28)16-9-6-2;2*1-3-5-7-9-11-13-15-17-19-21-23-22-20-18-16-14-12-10-8-6-4-2;/h13-15,17,19-20,22-23H,5-12,16,18,21H2,1-4H3;2*1,3-23H2,2H3;. The van der Waals surface area contributed by atoms with E-state index in [2.05, 4.69) is 115 Å². The van der Waals surface area contributed by atoms with Crippen LogP contribution < -0.4 is 0 Å². The fraction of sp³-hybridized carbons (Fsp3) is 0.792. The molecule has 0 N–H and O–H groups in total. The molecule has 2 aromatic carbocycles. The van der Waals surface area contributed by atoms with Gasteiger partial charge in [-0.05, 0) is 73.3 Å². The number of unbranched alkanes of at least 4 members (excludes halogenated alkanes) is 45. The van der Waals surface area contributed by atoms with Crippen LogP contribution in [0.4, 0.5) is 0 Å². The van der Waals surface area contributed by atoms with E-state index in [0.29, 0.717) is 0 Å². The Hall–Kier alpha value is -2.17. The van der Waals surface area contributed by atoms with E-state index in [0.717, 1.165) is 44.1 Å². The summed E-state index contributed by atoms with van der Waals surface area (Å²) in [6, 6.07) is 17.9. The number of aryl methyl sites for hydroxylation is 2. The Labute approximate surface area is 507 Å². The minimum atomic E-state index is 0.883. The second-order valence-electron chi connectivity index (χ2n) is 24.7. The Morgan fingerprint density at radius 1 is 0.362 bits per heavy atom. The molecule has 0 spiro atoms. The Bertz CT molecular complexity index is 1680. The Morgan fingerprint density at radius 3 is 1.04 bits per heavy atom. The fourth-order valence-corrected chi connectivity index (χ4v) is 12.9. The molecule has 0 aliphatic heterocycles. The average molecular weight is 1150 g/mol. The van der Waals surface area contributed by atoms with Gasteiger partial charge in [0.1, 0.15) is 0 Å². The van der Waals surface area contributed by atoms with Gasteiger partial charge in [0, 0.05) is 0 Å². The maximum absolute atomic E-state index is 9.47. The molecule has 3 heteroatoms. The summed E-state index contributed by atoms with van der Waals surface area (Å²) in [6.07, 6.45) is 74.6. The molecule has 0 saturated heterocycles. The van der Waals surface area contributed by atoms with E-state index in [1.165, 1.54) is 346 Å². The summed E-state index contributed by atoms with van der Waals surface area (Å²) in [5.74, 6) is 2.98. The normalized spacial score (nSPS) is 11.6. The van der Waals surface area contributed by atoms with Gasteiger partial charge in [-0.1, -0.05) is 249 Å². The molecule has 0 radical (unpaired) electrons. The first kappa shape index (κ1) is 75.8. The van der Waals surface area contributed by atoms with Crippen LogP contribution in [0.1, 0.15) is 391 Å². The first-order valence-electron chi connectivity index (χ1n) is 35.9. The van der Waals surface area contributed by atoms with Crippen molar-refractivity contribution in [3.8, 4) is 0 Å². The Kier molecular flexibility index (Phi) is 58.2. The molecule has 0 aliphatic rings. The number of rotatable bonds is 58. The molecule has 0 bridgehead atoms. The van der Waals surface area contributed by atoms with E-state index in [1.54, 1.807) is 0 Å². The van der Waals surface area contributed by atoms with Crippen molar-refractivity contribution in [2.75, 3.05) is 0 Å². The fourth-order valence-electron chi connectivity index (χ4n) is 11.7. The molecule has 0 aromatic heterocycles. The van der Waals surface area contributed by atoms with Crippen LogP contribution in [0, 0.1) is 6.92 Å². The molecule has 0 saturated carbocycles. The predicted molar refractivity (Wildman–Crippen MR) is 358 cm³/mol. The van der Waals surface area contributed by atoms with E-state index >= 15 is 0 Å². The zero-order chi connectivity index (χ0) is 57.7. The maximum atomic E-state index is 9.47. The van der Waals surface area contributed by atoms with Crippen LogP contribution >= 0.6 is 0 Å². The zero-order valence-electron chi connectivity index (χ0n) is 54.7. The van der Waals surface area contributed by atoms with Crippen molar-refractivity contribution in [3.05, 3.63) is 87.5 Å². The molecule has 0 amide bonds. The van der Waals surface area contributed by atoms with Gasteiger partial charge in [0.25, 0.3) is 0 Å². The third-order valence-electron chi connectivity index (χ3n) is 16.9. The number of benzene rings is 2. The average Bonchev–Trinajstić information content (AvgIpc) is 3.47. The van der Waals surface area contributed by atoms with Crippen molar-refractivity contribution < 1.29 is 19.2 Å². The first-order valence-corrected chi connectivity index (χ1v) is 37.3. The summed E-state index contributed by atoms with van der Waals surface area (Å²) >= 11 is 2.05. The molecule has 2 nitrogen and oxygen atoms in total. The van der Waals surface area contributed by atoms with Crippen LogP contribution in [-0.4, -0.2) is 10.7 Å². The molecule has 0 atom stereocenters. The van der Waals surface area contributed by atoms with Gasteiger partial charge in [-0.25, -0.2) is 0 Å². The van der Waals surface area contributed by atoms with E-state index in [9.17, 15) is 5.53 Å². The number of hydrogen-bond donors (Lipinski definition) is 0. The first-order chi connectivity index (χ1) is 39.6. The summed E-state index contributed by atoms with van der Waals surface area (Å²) in [4.78, 5) is 3.38. The minimum absolute atomic E-state index is 0.883. The molecule has 0 heterocycles. The Morgan fingerprint density at radius 2 is 0.688 bits per heavy atom. The van der Waals surface area contributed by atoms with E-state index in [1.807, 2.05) is 0 Å². The zero-order valence-corrected chi connectivity index (χ0v) is 55.7. The van der Waals surface area contributed by atoms with Crippen molar-refractivity contribution in [1.29, 1.82) is 0 Å². The van der Waals surface area contributed by atoms with Crippen molar-refractivity contribution >= 4 is 11.4 Å². The van der Waals surface area contributed by atoms with Gasteiger partial charge in [0.2, 0.25) is 0 Å². The molecule has 0 aliphatic carbocycles. The molecule has 0 unspecified atom stereocenters. The van der Waals surface area contributed by atoms with Crippen LogP contribution in [0.2, 0.25) is 10.8 Å². The van der Waals surface area contributed by atoms with Crippen LogP contribution in [0.15, 0.2) is 59.7 Å². The molecule has 2 rings (SSSR count). The summed E-state index contributed by atoms with van der Waals surface area (Å²) in [7, 11) is 0. The molecule has 0 fully saturated rings. The van der Waals surface area contributed by atoms with Crippen LogP contribution in [-0.2, 0) is 20.9 Å². The predicted octanol–water partition coefficient (Wildman–Crippen LogP) is 27.5. The van der Waals surface area contributed by atoms with Gasteiger partial charge in [0.05, 0.1) is 5.57 Å². The monoisotopic (exact) mass is 1150 g/mol. The van der Waals surface area contributed by atoms with Gasteiger partial charge in [-0.3, -0.25) is 0 Å². The van der Waals surface area contributed by atoms with Crippen LogP contribution in [0.3, 0.4) is 0 Å². The van der Waals surface area contributed by atoms with Crippen molar-refractivity contribution in [3.63, 3.8) is 0 Å². The molecule has 2 aromatic rings. The van der Waals surface area contributed by atoms with Gasteiger partial charge in [-0.15, -0.1) is 4.79 Å². The summed E-state index contributed by atoms with van der Waals surface area (Å²) in [6.45, 7) is 13.5. The van der Waals surface area contributed by atoms with Crippen molar-refractivity contribution in [2.24, 2.45) is 0 Å². The third-order valence-corrected chi connectivity index (χ3v) is 18.3. The van der Waals surface area contributed by atoms with Gasteiger partial charge in [0.15, 0.2) is 0 Å². The van der Waals surface area contributed by atoms with Crippen LogP contribution in [0.25, 0.3) is 11.1 Å². The second-order valence-corrected chi connectivity index (χ2v) is 26.2. The second kappa shape index (κ2) is 61.4. The Balaban J connectivity index is 0.000000847. The van der Waals surface area contributed by atoms with Gasteiger partial charge in [-0.2, -0.15) is 0 Å². The third kappa shape index (κ3) is 47.2. The number of allylic oxidation sites excluding steroid dienone is 2. The quantitative estimate of drug-likeness (QED) is 0.0158. The summed E-state index contributed by atoms with van der Waals surface area (Å²) in [5.41, 5.74) is 18.2. The molecule has 464 valence electrons. The van der Waals surface area contributed by atoms with Gasteiger partial charge >= 0.3 is 172 Å². The van der Waals surface area contributed by atoms with Crippen molar-refractivity contribution in [2.45, 2.75) is 393 Å². The topological polar surface area (TPSA) is 36.4 Å². The van der Waals surface area contributed by atoms with E-state index < -0.39 is 0 Å². The minimum Gasteiger partial charge on any atom is -0.0654 e. The molecular formula is C77H136N2Ni. The number of nitrogens with zero attached hydrogens (tertiary/aromatic N) is 2. The van der Waals surface area contributed by atoms with Gasteiger partial charge < -0.3 is 5.53 Å². The van der Waals surface area contributed by atoms with E-state index in [-0.39, 0.29) is 0 Å². The SMILES string of the molecule is CCCCCCC(C(=C=[N+]=[N-])CCCC)=C(c1cccc(C)c1)c1cccc(CCCC)c1.CCCCCCCCCCCCCCCCCCCCCC[CH2][Ni][CH2]CCCCCCCCCCCCCCCCCCCCCC. The summed E-state index contributed by atoms with van der Waals surface area (Å²) < 4.78 is 0. The van der Waals surface area contributed by atoms with Crippen molar-refractivity contribution in [1.82, 2.24) is 0 Å². The van der Waals surface area contributed by atoms with E-state index in [4.69, 9.17) is 0 Å². The summed E-state index contributed by atoms with van der Waals surface area (Å²) in [5, 5.41) is 2.87. The molecule has 80 heavy (non-hydrogen) atoms. The number of hydrogen-bond acceptors (Lipinski definition) is 0. The molecular weight excluding hydrogens is 1010 g/mol.